The summed E-state index contributed by atoms with van der Waals surface area (Å²) in [5, 5.41) is 2.72. The monoisotopic (exact) mass is 201 g/mol. The molecule has 0 aliphatic heterocycles. The van der Waals surface area contributed by atoms with Gasteiger partial charge < -0.3 is 5.32 Å². The van der Waals surface area contributed by atoms with Crippen molar-refractivity contribution in [2.24, 2.45) is 0 Å². The van der Waals surface area contributed by atoms with Gasteiger partial charge in [0.05, 0.1) is 17.8 Å². The molecule has 0 unspecified atom stereocenters. The third-order valence-electron chi connectivity index (χ3n) is 1.38. The van der Waals surface area contributed by atoms with Gasteiger partial charge in [0.1, 0.15) is 5.82 Å². The zero-order valence-corrected chi connectivity index (χ0v) is 7.92. The molecule has 0 amide bonds. The molecule has 0 aromatic heterocycles. The van der Waals surface area contributed by atoms with Crippen LogP contribution in [0.15, 0.2) is 35.4 Å². The summed E-state index contributed by atoms with van der Waals surface area (Å²) in [7, 11) is 0. The molecule has 0 saturated heterocycles. The van der Waals surface area contributed by atoms with E-state index in [2.05, 4.69) is 11.9 Å². The Labute approximate surface area is 80.1 Å². The van der Waals surface area contributed by atoms with Gasteiger partial charge in [-0.2, -0.15) is 3.89 Å². The van der Waals surface area contributed by atoms with Crippen LogP contribution in [0.4, 0.5) is 14.0 Å². The van der Waals surface area contributed by atoms with Crippen molar-refractivity contribution >= 4 is 17.8 Å². The first-order valence-electron chi connectivity index (χ1n) is 3.64. The SMILES string of the molecule is C=C(C)Nc1ccc(SF)cc1F. The number of nitrogens with one attached hydrogen (secondary N) is 1. The number of hydrogen-bond donors (Lipinski definition) is 1. The van der Waals surface area contributed by atoms with Crippen LogP contribution in [0.3, 0.4) is 0 Å². The van der Waals surface area contributed by atoms with Crippen LogP contribution in [0, 0.1) is 5.82 Å². The first kappa shape index (κ1) is 10.1. The van der Waals surface area contributed by atoms with Crippen molar-refractivity contribution in [3.05, 3.63) is 36.3 Å². The molecule has 0 atom stereocenters. The fourth-order valence-corrected chi connectivity index (χ4v) is 1.14. The summed E-state index contributed by atoms with van der Waals surface area (Å²) in [4.78, 5) is 0.254. The lowest BCUT2D eigenvalue weighted by atomic mass is 10.3. The summed E-state index contributed by atoms with van der Waals surface area (Å²) in [6, 6.07) is 4.11. The Morgan fingerprint density at radius 3 is 2.69 bits per heavy atom. The van der Waals surface area contributed by atoms with Crippen molar-refractivity contribution in [2.75, 3.05) is 5.32 Å². The minimum Gasteiger partial charge on any atom is -0.357 e. The van der Waals surface area contributed by atoms with E-state index in [9.17, 15) is 8.28 Å². The molecule has 13 heavy (non-hydrogen) atoms. The minimum absolute atomic E-state index is 0.0203. The van der Waals surface area contributed by atoms with Crippen molar-refractivity contribution < 1.29 is 8.28 Å². The van der Waals surface area contributed by atoms with E-state index >= 15 is 0 Å². The van der Waals surface area contributed by atoms with E-state index in [0.717, 1.165) is 6.07 Å². The van der Waals surface area contributed by atoms with E-state index in [-0.39, 0.29) is 17.0 Å². The highest BCUT2D eigenvalue weighted by Crippen LogP contribution is 2.24. The largest absolute Gasteiger partial charge is 0.357 e. The Morgan fingerprint density at radius 1 is 1.54 bits per heavy atom. The normalized spacial score (nSPS) is 9.77. The lowest BCUT2D eigenvalue weighted by Crippen LogP contribution is -1.96. The summed E-state index contributed by atoms with van der Waals surface area (Å²) in [6.07, 6.45) is 0. The summed E-state index contributed by atoms with van der Waals surface area (Å²) in [5.41, 5.74) is 0.949. The molecule has 4 heteroatoms. The predicted octanol–water partition coefficient (Wildman–Crippen LogP) is 3.75. The number of hydrogen-bond acceptors (Lipinski definition) is 2. The standard InChI is InChI=1S/C9H9F2NS/c1-6(2)12-9-4-3-7(13-11)5-8(9)10/h3-5,12H,1H2,2H3. The Balaban J connectivity index is 2.91. The highest BCUT2D eigenvalue weighted by molar-refractivity contribution is 7.94. The summed E-state index contributed by atoms with van der Waals surface area (Å²) < 4.78 is 25.1. The predicted molar refractivity (Wildman–Crippen MR) is 51.8 cm³/mol. The Bertz CT molecular complexity index is 325. The second-order valence-electron chi connectivity index (χ2n) is 2.62. The highest BCUT2D eigenvalue weighted by atomic mass is 32.2. The van der Waals surface area contributed by atoms with E-state index in [4.69, 9.17) is 0 Å². The minimum atomic E-state index is -0.481. The first-order chi connectivity index (χ1) is 6.13. The van der Waals surface area contributed by atoms with Gasteiger partial charge in [-0.05, 0) is 25.1 Å². The first-order valence-corrected chi connectivity index (χ1v) is 4.36. The molecule has 1 aromatic carbocycles. The van der Waals surface area contributed by atoms with Gasteiger partial charge in [0.15, 0.2) is 0 Å². The van der Waals surface area contributed by atoms with Gasteiger partial charge in [0, 0.05) is 10.6 Å². The van der Waals surface area contributed by atoms with Crippen LogP contribution in [0.1, 0.15) is 6.92 Å². The van der Waals surface area contributed by atoms with Crippen LogP contribution in [0.2, 0.25) is 0 Å². The van der Waals surface area contributed by atoms with Gasteiger partial charge >= 0.3 is 0 Å². The number of rotatable bonds is 3. The zero-order valence-electron chi connectivity index (χ0n) is 7.10. The van der Waals surface area contributed by atoms with Crippen LogP contribution < -0.4 is 5.32 Å². The molecule has 0 heterocycles. The maximum absolute atomic E-state index is 13.1. The summed E-state index contributed by atoms with van der Waals surface area (Å²) >= 11 is 0.0203. The van der Waals surface area contributed by atoms with Gasteiger partial charge in [-0.25, -0.2) is 4.39 Å². The maximum atomic E-state index is 13.1. The van der Waals surface area contributed by atoms with Crippen molar-refractivity contribution in [1.82, 2.24) is 0 Å². The molecule has 1 N–H and O–H groups in total. The molecule has 1 aromatic rings. The molecule has 1 nitrogen and oxygen atoms in total. The molecule has 0 fully saturated rings. The Morgan fingerprint density at radius 2 is 2.23 bits per heavy atom. The number of halogens is 2. The van der Waals surface area contributed by atoms with Gasteiger partial charge in [0.25, 0.3) is 0 Å². The van der Waals surface area contributed by atoms with Crippen molar-refractivity contribution in [1.29, 1.82) is 0 Å². The molecule has 0 radical (unpaired) electrons. The van der Waals surface area contributed by atoms with Gasteiger partial charge in [-0.3, -0.25) is 0 Å². The van der Waals surface area contributed by atoms with Gasteiger partial charge in [-0.15, -0.1) is 0 Å². The molecule has 0 saturated carbocycles. The maximum Gasteiger partial charge on any atom is 0.147 e. The molecular formula is C9H9F2NS. The van der Waals surface area contributed by atoms with E-state index in [1.54, 1.807) is 6.92 Å². The average molecular weight is 201 g/mol. The van der Waals surface area contributed by atoms with Crippen molar-refractivity contribution in [3.63, 3.8) is 0 Å². The smallest absolute Gasteiger partial charge is 0.147 e. The fourth-order valence-electron chi connectivity index (χ4n) is 0.875. The molecular weight excluding hydrogens is 192 g/mol. The molecule has 0 bridgehead atoms. The molecule has 70 valence electrons. The van der Waals surface area contributed by atoms with Crippen LogP contribution in [-0.2, 0) is 0 Å². The molecule has 0 aliphatic rings. The molecule has 0 aliphatic carbocycles. The van der Waals surface area contributed by atoms with Crippen LogP contribution in [0.25, 0.3) is 0 Å². The number of anilines is 1. The lowest BCUT2D eigenvalue weighted by Gasteiger charge is -2.06. The van der Waals surface area contributed by atoms with E-state index < -0.39 is 5.82 Å². The Hall–Kier alpha value is -1.03. The number of benzene rings is 1. The van der Waals surface area contributed by atoms with Crippen LogP contribution in [-0.4, -0.2) is 0 Å². The van der Waals surface area contributed by atoms with Gasteiger partial charge in [-0.1, -0.05) is 6.58 Å². The second-order valence-corrected chi connectivity index (χ2v) is 3.25. The zero-order chi connectivity index (χ0) is 9.84. The summed E-state index contributed by atoms with van der Waals surface area (Å²) in [6.45, 7) is 5.30. The molecule has 1 rings (SSSR count). The fraction of sp³-hybridized carbons (Fsp3) is 0.111. The van der Waals surface area contributed by atoms with Crippen LogP contribution in [0.5, 0.6) is 0 Å². The second kappa shape index (κ2) is 4.28. The van der Waals surface area contributed by atoms with E-state index in [1.807, 2.05) is 0 Å². The van der Waals surface area contributed by atoms with Gasteiger partial charge in [0.2, 0.25) is 0 Å². The lowest BCUT2D eigenvalue weighted by molar-refractivity contribution is 0.627. The van der Waals surface area contributed by atoms with Crippen molar-refractivity contribution in [2.45, 2.75) is 11.8 Å². The quantitative estimate of drug-likeness (QED) is 0.799. The molecule has 0 spiro atoms. The van der Waals surface area contributed by atoms with E-state index in [0.29, 0.717) is 11.4 Å². The van der Waals surface area contributed by atoms with Crippen LogP contribution >= 0.6 is 12.1 Å². The summed E-state index contributed by atoms with van der Waals surface area (Å²) in [5.74, 6) is -0.481. The topological polar surface area (TPSA) is 12.0 Å². The Kier molecular flexibility index (Phi) is 3.31. The highest BCUT2D eigenvalue weighted by Gasteiger charge is 2.03. The van der Waals surface area contributed by atoms with Crippen molar-refractivity contribution in [3.8, 4) is 0 Å². The number of allylic oxidation sites excluding steroid dienone is 1. The average Bonchev–Trinajstić information content (AvgIpc) is 2.08. The third-order valence-corrected chi connectivity index (χ3v) is 1.81. The van der Waals surface area contributed by atoms with E-state index in [1.165, 1.54) is 12.1 Å². The third kappa shape index (κ3) is 2.73.